The van der Waals surface area contributed by atoms with Gasteiger partial charge in [-0.25, -0.2) is 10.2 Å². The number of pyridine rings is 1. The third-order valence-electron chi connectivity index (χ3n) is 1.39. The number of hydrogen-bond donors (Lipinski definition) is 1. The molecule has 0 unspecified atom stereocenters. The molecule has 0 radical (unpaired) electrons. The summed E-state index contributed by atoms with van der Waals surface area (Å²) in [6.07, 6.45) is 1.50. The molecule has 2 rings (SSSR count). The molecular weight excluding hydrogens is 162 g/mol. The molecule has 0 aromatic carbocycles. The van der Waals surface area contributed by atoms with E-state index in [2.05, 4.69) is 15.6 Å². The third-order valence-corrected chi connectivity index (χ3v) is 1.39. The van der Waals surface area contributed by atoms with Crippen LogP contribution in [0.25, 0.3) is 0 Å². The van der Waals surface area contributed by atoms with Gasteiger partial charge in [0.2, 0.25) is 0 Å². The molecule has 0 fully saturated rings. The van der Waals surface area contributed by atoms with Crippen LogP contribution in [0.1, 0.15) is 0 Å². The summed E-state index contributed by atoms with van der Waals surface area (Å²) in [4.78, 5) is 3.70. The minimum absolute atomic E-state index is 0.0932. The number of nitrogens with zero attached hydrogens (tertiary/aromatic N) is 4. The minimum Gasteiger partial charge on any atom is -0.719 e. The number of hydrazine groups is 1. The third kappa shape index (κ3) is 0.839. The van der Waals surface area contributed by atoms with E-state index in [0.717, 1.165) is 0 Å². The molecule has 1 aliphatic heterocycles. The van der Waals surface area contributed by atoms with Crippen LogP contribution in [0.5, 0.6) is 0 Å². The second-order valence-electron chi connectivity index (χ2n) is 2.11. The van der Waals surface area contributed by atoms with Crippen LogP contribution < -0.4 is 10.6 Å². The number of nitrogens with one attached hydrogen (secondary N) is 1. The Balaban J connectivity index is 2.49. The lowest BCUT2D eigenvalue weighted by molar-refractivity contribution is -0.535. The van der Waals surface area contributed by atoms with Crippen LogP contribution in [0.4, 0.5) is 11.5 Å². The van der Waals surface area contributed by atoms with Crippen molar-refractivity contribution in [3.8, 4) is 0 Å². The Morgan fingerprint density at radius 2 is 2.42 bits per heavy atom. The van der Waals surface area contributed by atoms with E-state index < -0.39 is 0 Å². The van der Waals surface area contributed by atoms with Crippen LogP contribution in [-0.2, 0) is 0 Å². The molecule has 12 heavy (non-hydrogen) atoms. The average molecular weight is 166 g/mol. The van der Waals surface area contributed by atoms with Gasteiger partial charge in [0.25, 0.3) is 5.82 Å². The smallest absolute Gasteiger partial charge is 0.265 e. The van der Waals surface area contributed by atoms with E-state index in [1.165, 1.54) is 12.3 Å². The van der Waals surface area contributed by atoms with Crippen LogP contribution >= 0.6 is 0 Å². The maximum atomic E-state index is 11.0. The molecule has 0 atom stereocenters. The van der Waals surface area contributed by atoms with Gasteiger partial charge in [-0.05, 0) is 12.1 Å². The van der Waals surface area contributed by atoms with Gasteiger partial charge in [0.05, 0.1) is 0 Å². The molecule has 7 nitrogen and oxygen atoms in total. The van der Waals surface area contributed by atoms with Crippen molar-refractivity contribution in [2.75, 3.05) is 10.6 Å². The van der Waals surface area contributed by atoms with Gasteiger partial charge in [0.1, 0.15) is 10.9 Å². The van der Waals surface area contributed by atoms with Crippen LogP contribution in [0.2, 0.25) is 0 Å². The first kappa shape index (κ1) is 6.80. The lowest BCUT2D eigenvalue weighted by atomic mass is 10.4. The Morgan fingerprint density at radius 1 is 1.58 bits per heavy atom. The average Bonchev–Trinajstić information content (AvgIpc) is 2.12. The molecular formula is C5H4N5O2-. The molecule has 0 aliphatic carbocycles. The molecule has 1 aliphatic rings. The van der Waals surface area contributed by atoms with E-state index in [1.54, 1.807) is 6.07 Å². The van der Waals surface area contributed by atoms with Crippen LogP contribution in [-0.4, -0.2) is 9.95 Å². The summed E-state index contributed by atoms with van der Waals surface area (Å²) in [5, 5.41) is 24.8. The summed E-state index contributed by atoms with van der Waals surface area (Å²) in [7, 11) is 0. The Morgan fingerprint density at radius 3 is 3.25 bits per heavy atom. The predicted molar refractivity (Wildman–Crippen MR) is 39.8 cm³/mol. The Kier molecular flexibility index (Phi) is 1.31. The van der Waals surface area contributed by atoms with Gasteiger partial charge in [-0.1, -0.05) is 4.97 Å². The molecule has 0 spiro atoms. The first-order valence-corrected chi connectivity index (χ1v) is 3.15. The highest BCUT2D eigenvalue weighted by Crippen LogP contribution is 2.24. The van der Waals surface area contributed by atoms with Crippen molar-refractivity contribution in [3.63, 3.8) is 0 Å². The molecule has 7 heteroatoms. The first-order chi connectivity index (χ1) is 5.79. The Hall–Kier alpha value is -1.89. The van der Waals surface area contributed by atoms with E-state index in [-0.39, 0.29) is 21.6 Å². The fourth-order valence-electron chi connectivity index (χ4n) is 0.860. The SMILES string of the molecule is [O-]N1c2cccnc2NN=[N+]1[O-]. The number of fused-ring (bicyclic) bond motifs is 1. The van der Waals surface area contributed by atoms with Gasteiger partial charge in [-0.3, -0.25) is 0 Å². The Labute approximate surface area is 67.0 Å². The van der Waals surface area contributed by atoms with Gasteiger partial charge >= 0.3 is 0 Å². The molecule has 1 N–H and O–H groups in total. The summed E-state index contributed by atoms with van der Waals surface area (Å²) in [5.41, 5.74) is 2.48. The predicted octanol–water partition coefficient (Wildman–Crippen LogP) is 0.604. The molecule has 0 amide bonds. The topological polar surface area (TPSA) is 89.7 Å². The summed E-state index contributed by atoms with van der Waals surface area (Å²) in [5.74, 6) is 0.277. The molecule has 0 saturated carbocycles. The van der Waals surface area contributed by atoms with Gasteiger partial charge in [0.15, 0.2) is 0 Å². The van der Waals surface area contributed by atoms with Crippen molar-refractivity contribution >= 4 is 11.5 Å². The number of hydrogen-bond acceptors (Lipinski definition) is 6. The summed E-state index contributed by atoms with van der Waals surface area (Å²) in [6.45, 7) is 0. The zero-order chi connectivity index (χ0) is 8.55. The molecule has 2 heterocycles. The van der Waals surface area contributed by atoms with Crippen molar-refractivity contribution < 1.29 is 4.97 Å². The standard InChI is InChI=1S/C5H4N5O2/c11-9-4-2-1-3-6-5(4)7-8-10(9)12/h1-3H,(H,6,7)/q-1. The first-order valence-electron chi connectivity index (χ1n) is 3.15. The van der Waals surface area contributed by atoms with Crippen LogP contribution in [0.15, 0.2) is 23.6 Å². The quantitative estimate of drug-likeness (QED) is 0.450. The molecule has 0 saturated heterocycles. The van der Waals surface area contributed by atoms with Crippen molar-refractivity contribution in [2.24, 2.45) is 5.22 Å². The Bertz CT molecular complexity index is 338. The second kappa shape index (κ2) is 2.31. The van der Waals surface area contributed by atoms with Crippen LogP contribution in [0.3, 0.4) is 0 Å². The van der Waals surface area contributed by atoms with E-state index in [0.29, 0.717) is 0 Å². The zero-order valence-electron chi connectivity index (χ0n) is 5.84. The lowest BCUT2D eigenvalue weighted by Crippen LogP contribution is -2.29. The molecule has 62 valence electrons. The van der Waals surface area contributed by atoms with Crippen molar-refractivity contribution in [3.05, 3.63) is 28.7 Å². The van der Waals surface area contributed by atoms with Gasteiger partial charge in [0, 0.05) is 6.20 Å². The summed E-state index contributed by atoms with van der Waals surface area (Å²) >= 11 is 0. The van der Waals surface area contributed by atoms with E-state index in [1.807, 2.05) is 0 Å². The molecule has 1 aromatic heterocycles. The number of anilines is 2. The van der Waals surface area contributed by atoms with E-state index >= 15 is 0 Å². The van der Waals surface area contributed by atoms with Crippen molar-refractivity contribution in [1.29, 1.82) is 0 Å². The van der Waals surface area contributed by atoms with Gasteiger partial charge in [-0.2, -0.15) is 0 Å². The maximum Gasteiger partial charge on any atom is 0.265 e. The fraction of sp³-hybridized carbons (Fsp3) is 0. The van der Waals surface area contributed by atoms with Gasteiger partial charge in [-0.15, -0.1) is 5.43 Å². The lowest BCUT2D eigenvalue weighted by Gasteiger charge is -2.30. The largest absolute Gasteiger partial charge is 0.719 e. The van der Waals surface area contributed by atoms with Crippen molar-refractivity contribution in [1.82, 2.24) is 4.98 Å². The van der Waals surface area contributed by atoms with Gasteiger partial charge < -0.3 is 10.4 Å². The maximum absolute atomic E-state index is 11.0. The number of rotatable bonds is 0. The zero-order valence-corrected chi connectivity index (χ0v) is 5.84. The highest BCUT2D eigenvalue weighted by Gasteiger charge is 2.15. The van der Waals surface area contributed by atoms with Crippen LogP contribution in [0, 0.1) is 10.4 Å². The van der Waals surface area contributed by atoms with E-state index in [9.17, 15) is 10.4 Å². The normalized spacial score (nSPS) is 14.8. The summed E-state index contributed by atoms with van der Waals surface area (Å²) in [6, 6.07) is 3.03. The molecule has 0 bridgehead atoms. The summed E-state index contributed by atoms with van der Waals surface area (Å²) < 4.78 is 0. The highest BCUT2D eigenvalue weighted by molar-refractivity contribution is 5.64. The minimum atomic E-state index is -0.0932. The monoisotopic (exact) mass is 166 g/mol. The van der Waals surface area contributed by atoms with Crippen molar-refractivity contribution in [2.45, 2.75) is 0 Å². The molecule has 1 aromatic rings. The fourth-order valence-corrected chi connectivity index (χ4v) is 0.860. The van der Waals surface area contributed by atoms with E-state index in [4.69, 9.17) is 0 Å². The number of aromatic nitrogens is 1. The second-order valence-corrected chi connectivity index (χ2v) is 2.11. The highest BCUT2D eigenvalue weighted by atomic mass is 16.7.